The van der Waals surface area contributed by atoms with Crippen molar-refractivity contribution in [3.63, 3.8) is 0 Å². The number of para-hydroxylation sites is 1. The van der Waals surface area contributed by atoms with E-state index < -0.39 is 18.1 Å². The second-order valence-electron chi connectivity index (χ2n) is 8.01. The molecule has 0 unspecified atom stereocenters. The molecule has 2 amide bonds. The summed E-state index contributed by atoms with van der Waals surface area (Å²) >= 11 is 0. The summed E-state index contributed by atoms with van der Waals surface area (Å²) in [4.78, 5) is 34.3. The number of hydroxylamine groups is 1. The summed E-state index contributed by atoms with van der Waals surface area (Å²) in [5, 5.41) is 1.61. The summed E-state index contributed by atoms with van der Waals surface area (Å²) in [7, 11) is 0. The largest absolute Gasteiger partial charge is 0.273 e. The Bertz CT molecular complexity index is 1160. The molecular formula is C25H21FN2O3. The Kier molecular flexibility index (Phi) is 4.59. The van der Waals surface area contributed by atoms with E-state index in [2.05, 4.69) is 0 Å². The lowest BCUT2D eigenvalue weighted by Gasteiger charge is -2.29. The molecule has 0 bridgehead atoms. The van der Waals surface area contributed by atoms with E-state index in [1.54, 1.807) is 23.3 Å². The van der Waals surface area contributed by atoms with Crippen molar-refractivity contribution in [3.05, 3.63) is 95.3 Å². The fourth-order valence-corrected chi connectivity index (χ4v) is 4.51. The van der Waals surface area contributed by atoms with Crippen LogP contribution in [0.2, 0.25) is 0 Å². The second kappa shape index (κ2) is 7.32. The molecule has 3 aromatic rings. The first-order valence-electron chi connectivity index (χ1n) is 10.2. The second-order valence-corrected chi connectivity index (χ2v) is 8.01. The van der Waals surface area contributed by atoms with Gasteiger partial charge in [-0.1, -0.05) is 48.0 Å². The van der Waals surface area contributed by atoms with Crippen LogP contribution in [0.25, 0.3) is 0 Å². The molecule has 3 atom stereocenters. The third kappa shape index (κ3) is 3.11. The van der Waals surface area contributed by atoms with Crippen molar-refractivity contribution in [2.45, 2.75) is 26.0 Å². The van der Waals surface area contributed by atoms with Crippen molar-refractivity contribution in [1.29, 1.82) is 0 Å². The summed E-state index contributed by atoms with van der Waals surface area (Å²) in [5.74, 6) is -1.79. The van der Waals surface area contributed by atoms with Crippen molar-refractivity contribution in [2.75, 3.05) is 9.96 Å². The molecule has 0 N–H and O–H groups in total. The zero-order chi connectivity index (χ0) is 21.7. The molecule has 5 nitrogen and oxygen atoms in total. The highest BCUT2D eigenvalue weighted by Crippen LogP contribution is 2.47. The first-order chi connectivity index (χ1) is 15.0. The van der Waals surface area contributed by atoms with E-state index in [1.165, 1.54) is 17.0 Å². The number of hydrogen-bond acceptors (Lipinski definition) is 4. The number of hydrogen-bond donors (Lipinski definition) is 0. The van der Waals surface area contributed by atoms with E-state index in [1.807, 2.05) is 56.3 Å². The van der Waals surface area contributed by atoms with Gasteiger partial charge in [0.25, 0.3) is 5.91 Å². The lowest BCUT2D eigenvalue weighted by Crippen LogP contribution is -2.37. The molecule has 0 aliphatic carbocycles. The first-order valence-corrected chi connectivity index (χ1v) is 10.2. The molecule has 31 heavy (non-hydrogen) atoms. The van der Waals surface area contributed by atoms with Crippen molar-refractivity contribution in [2.24, 2.45) is 5.92 Å². The average molecular weight is 416 g/mol. The normalized spacial score (nSPS) is 22.9. The maximum absolute atomic E-state index is 13.6. The number of carbonyl (C=O) groups excluding carboxylic acids is 2. The Labute approximate surface area is 179 Å². The van der Waals surface area contributed by atoms with Crippen molar-refractivity contribution in [1.82, 2.24) is 0 Å². The van der Waals surface area contributed by atoms with Crippen LogP contribution >= 0.6 is 0 Å². The van der Waals surface area contributed by atoms with Gasteiger partial charge in [-0.25, -0.2) is 14.4 Å². The smallest absolute Gasteiger partial charge is 0.266 e. The van der Waals surface area contributed by atoms with Crippen molar-refractivity contribution < 1.29 is 18.8 Å². The van der Waals surface area contributed by atoms with Gasteiger partial charge in [0.1, 0.15) is 11.7 Å². The van der Waals surface area contributed by atoms with Crippen molar-refractivity contribution in [3.8, 4) is 0 Å². The molecule has 2 aliphatic rings. The minimum Gasteiger partial charge on any atom is -0.273 e. The maximum atomic E-state index is 13.6. The Balaban J connectivity index is 1.59. The van der Waals surface area contributed by atoms with Crippen LogP contribution in [0.3, 0.4) is 0 Å². The molecule has 3 aromatic carbocycles. The SMILES string of the molecule is Cc1ccc(N2C(=O)[C@H]3[C@@H](ON(c4ccccc4)[C@H]3c3ccc(F)cc3)C2=O)c(C)c1. The lowest BCUT2D eigenvalue weighted by molar-refractivity contribution is -0.126. The monoisotopic (exact) mass is 416 g/mol. The van der Waals surface area contributed by atoms with E-state index in [-0.39, 0.29) is 17.6 Å². The van der Waals surface area contributed by atoms with Crippen LogP contribution in [-0.4, -0.2) is 17.9 Å². The molecule has 0 saturated carbocycles. The topological polar surface area (TPSA) is 49.9 Å². The molecule has 5 rings (SSSR count). The van der Waals surface area contributed by atoms with Crippen molar-refractivity contribution >= 4 is 23.2 Å². The Hall–Kier alpha value is -3.51. The number of rotatable bonds is 3. The van der Waals surface area contributed by atoms with Gasteiger partial charge >= 0.3 is 0 Å². The van der Waals surface area contributed by atoms with Gasteiger partial charge < -0.3 is 0 Å². The molecule has 0 spiro atoms. The lowest BCUT2D eigenvalue weighted by atomic mass is 9.90. The fraction of sp³-hybridized carbons (Fsp3) is 0.200. The highest BCUT2D eigenvalue weighted by Gasteiger charge is 2.60. The van der Waals surface area contributed by atoms with Gasteiger partial charge in [0, 0.05) is 0 Å². The molecule has 2 saturated heterocycles. The molecule has 2 fully saturated rings. The van der Waals surface area contributed by atoms with Gasteiger partial charge in [-0.3, -0.25) is 14.4 Å². The van der Waals surface area contributed by atoms with Gasteiger partial charge in [-0.05, 0) is 55.3 Å². The fourth-order valence-electron chi connectivity index (χ4n) is 4.51. The maximum Gasteiger partial charge on any atom is 0.266 e. The molecule has 6 heteroatoms. The summed E-state index contributed by atoms with van der Waals surface area (Å²) < 4.78 is 13.6. The van der Waals surface area contributed by atoms with Gasteiger partial charge in [0.2, 0.25) is 5.91 Å². The zero-order valence-electron chi connectivity index (χ0n) is 17.2. The van der Waals surface area contributed by atoms with Crippen LogP contribution in [0.1, 0.15) is 22.7 Å². The quantitative estimate of drug-likeness (QED) is 0.590. The summed E-state index contributed by atoms with van der Waals surface area (Å²) in [6, 6.07) is 20.4. The Morgan fingerprint density at radius 1 is 0.871 bits per heavy atom. The number of fused-ring (bicyclic) bond motifs is 1. The average Bonchev–Trinajstić information content (AvgIpc) is 3.26. The summed E-state index contributed by atoms with van der Waals surface area (Å²) in [5.41, 5.74) is 3.91. The van der Waals surface area contributed by atoms with Crippen LogP contribution in [0.5, 0.6) is 0 Å². The van der Waals surface area contributed by atoms with E-state index >= 15 is 0 Å². The van der Waals surface area contributed by atoms with Gasteiger partial charge in [-0.2, -0.15) is 0 Å². The van der Waals surface area contributed by atoms with Crippen LogP contribution in [0.15, 0.2) is 72.8 Å². The molecular weight excluding hydrogens is 395 g/mol. The number of imide groups is 1. The molecule has 156 valence electrons. The Morgan fingerprint density at radius 2 is 1.58 bits per heavy atom. The summed E-state index contributed by atoms with van der Waals surface area (Å²) in [6.07, 6.45) is -0.941. The number of amides is 2. The van der Waals surface area contributed by atoms with Crippen LogP contribution in [-0.2, 0) is 14.4 Å². The Morgan fingerprint density at radius 3 is 2.26 bits per heavy atom. The zero-order valence-corrected chi connectivity index (χ0v) is 17.2. The van der Waals surface area contributed by atoms with E-state index in [9.17, 15) is 14.0 Å². The van der Waals surface area contributed by atoms with E-state index in [0.29, 0.717) is 11.3 Å². The summed E-state index contributed by atoms with van der Waals surface area (Å²) in [6.45, 7) is 3.84. The highest BCUT2D eigenvalue weighted by atomic mass is 19.1. The molecule has 0 aromatic heterocycles. The van der Waals surface area contributed by atoms with E-state index in [4.69, 9.17) is 4.84 Å². The van der Waals surface area contributed by atoms with Crippen LogP contribution < -0.4 is 9.96 Å². The molecule has 0 radical (unpaired) electrons. The minimum atomic E-state index is -0.941. The number of benzene rings is 3. The third-order valence-corrected chi connectivity index (χ3v) is 5.93. The molecule has 2 heterocycles. The number of nitrogens with zero attached hydrogens (tertiary/aromatic N) is 2. The number of aryl methyl sites for hydroxylation is 2. The van der Waals surface area contributed by atoms with E-state index in [0.717, 1.165) is 16.8 Å². The predicted octanol–water partition coefficient (Wildman–Crippen LogP) is 4.49. The first kappa shape index (κ1) is 19.5. The van der Waals surface area contributed by atoms with Gasteiger partial charge in [-0.15, -0.1) is 0 Å². The third-order valence-electron chi connectivity index (χ3n) is 5.93. The minimum absolute atomic E-state index is 0.310. The molecule has 2 aliphatic heterocycles. The number of carbonyl (C=O) groups is 2. The number of halogens is 1. The predicted molar refractivity (Wildman–Crippen MR) is 115 cm³/mol. The number of anilines is 2. The van der Waals surface area contributed by atoms with Crippen LogP contribution in [0, 0.1) is 25.6 Å². The highest BCUT2D eigenvalue weighted by molar-refractivity contribution is 6.24. The van der Waals surface area contributed by atoms with Crippen LogP contribution in [0.4, 0.5) is 15.8 Å². The standard InChI is InChI=1S/C25H21FN2O3/c1-15-8-13-20(16(2)14-15)27-24(29)21-22(17-9-11-18(26)12-10-17)28(31-23(21)25(27)30)19-6-4-3-5-7-19/h3-14,21-23H,1-2H3/t21-,22+,23-/m1/s1. The van der Waals surface area contributed by atoms with Gasteiger partial charge in [0.15, 0.2) is 6.10 Å². The van der Waals surface area contributed by atoms with Gasteiger partial charge in [0.05, 0.1) is 17.4 Å².